The molecule has 0 amide bonds. The topological polar surface area (TPSA) is 170 Å². The van der Waals surface area contributed by atoms with Gasteiger partial charge in [-0.05, 0) is 76.2 Å². The highest BCUT2D eigenvalue weighted by Crippen LogP contribution is 2.44. The molecule has 0 aliphatic carbocycles. The second kappa shape index (κ2) is 17.8. The summed E-state index contributed by atoms with van der Waals surface area (Å²) in [5.74, 6) is -5.18. The van der Waals surface area contributed by atoms with Crippen LogP contribution in [0.3, 0.4) is 0 Å². The lowest BCUT2D eigenvalue weighted by Gasteiger charge is -2.45. The predicted molar refractivity (Wildman–Crippen MR) is 211 cm³/mol. The second-order valence-corrected chi connectivity index (χ2v) is 15.8. The van der Waals surface area contributed by atoms with Crippen molar-refractivity contribution in [3.8, 4) is 0 Å². The molecule has 4 aromatic carbocycles. The highest BCUT2D eigenvalue weighted by Gasteiger charge is 2.61. The molecule has 4 saturated heterocycles. The molecule has 15 heteroatoms. The minimum Gasteiger partial charge on any atom is -0.459 e. The number of carbonyl (C=O) groups excluding carboxylic acids is 4. The maximum atomic E-state index is 14.0. The molecular weight excluding hydrogens is 792 g/mol. The highest BCUT2D eigenvalue weighted by molar-refractivity contribution is 5.91. The molecule has 4 aliphatic heterocycles. The van der Waals surface area contributed by atoms with Gasteiger partial charge in [-0.1, -0.05) is 72.8 Å². The first-order valence-electron chi connectivity index (χ1n) is 20.0. The van der Waals surface area contributed by atoms with Crippen molar-refractivity contribution in [3.05, 3.63) is 144 Å². The lowest BCUT2D eigenvalue weighted by molar-refractivity contribution is -0.313. The van der Waals surface area contributed by atoms with Crippen LogP contribution in [0, 0.1) is 0 Å². The summed E-state index contributed by atoms with van der Waals surface area (Å²) in [4.78, 5) is 55.1. The van der Waals surface area contributed by atoms with Crippen LogP contribution >= 0.6 is 0 Å². The van der Waals surface area contributed by atoms with Crippen LogP contribution in [-0.2, 0) is 52.1 Å². The van der Waals surface area contributed by atoms with Crippen LogP contribution in [0.4, 0.5) is 0 Å². The highest BCUT2D eigenvalue weighted by atomic mass is 16.9. The zero-order valence-corrected chi connectivity index (χ0v) is 33.9. The van der Waals surface area contributed by atoms with Crippen LogP contribution in [0.25, 0.3) is 0 Å². The summed E-state index contributed by atoms with van der Waals surface area (Å²) in [6.45, 7) is 6.29. The Kier molecular flexibility index (Phi) is 12.3. The van der Waals surface area contributed by atoms with E-state index in [-0.39, 0.29) is 28.9 Å². The molecule has 10 atom stereocenters. The molecule has 0 radical (unpaired) electrons. The van der Waals surface area contributed by atoms with E-state index >= 15 is 0 Å². The molecule has 0 unspecified atom stereocenters. The number of fused-ring (bicyclic) bond motifs is 3. The minimum atomic E-state index is -1.60. The molecule has 320 valence electrons. The first kappa shape index (κ1) is 42.2. The SMILES string of the molecule is CC1(C)O[C@H]2[C@@H](O1)[C@@H](CO[C@H]1O[C@H](COC(=O)c3ccccc3)[C@@H](OC(=O)c3ccccc3)[C@H](OC(=O)c3ccccc3)[C@@H]1OC(=O)c1ccccc1)O[C@@H]1OC(C)(C)O[C@@H]12. The number of esters is 4. The number of hydrogen-bond acceptors (Lipinski definition) is 15. The molecule has 15 nitrogen and oxygen atoms in total. The van der Waals surface area contributed by atoms with Crippen molar-refractivity contribution in [1.29, 1.82) is 0 Å². The van der Waals surface area contributed by atoms with Crippen LogP contribution in [0.1, 0.15) is 69.1 Å². The van der Waals surface area contributed by atoms with Gasteiger partial charge in [-0.3, -0.25) is 0 Å². The Morgan fingerprint density at radius 2 is 0.885 bits per heavy atom. The third-order valence-corrected chi connectivity index (χ3v) is 10.4. The molecule has 0 spiro atoms. The Balaban J connectivity index is 1.16. The standard InChI is InChI=1S/C46H46O15/c1-45(2)58-34-32(54-44-38(36(34)59-45)60-46(3,4)61-44)26-52-43-37(57-42(50)30-23-15-8-16-24-30)35(56-41(49)29-21-13-7-14-22-29)33(55-40(48)28-19-11-6-12-20-28)31(53-43)25-51-39(47)27-17-9-5-10-18-27/h5-24,31-38,43-44H,25-26H2,1-4H3/t31-,32-,33-,34+,35+,36+,37+,38-,43+,44-/m1/s1. The molecule has 4 aromatic rings. The fraction of sp³-hybridized carbons (Fsp3) is 0.391. The van der Waals surface area contributed by atoms with Crippen molar-refractivity contribution in [2.24, 2.45) is 0 Å². The van der Waals surface area contributed by atoms with Crippen LogP contribution in [0.15, 0.2) is 121 Å². The summed E-state index contributed by atoms with van der Waals surface area (Å²) in [6.07, 6.45) is -11.3. The summed E-state index contributed by atoms with van der Waals surface area (Å²) < 4.78 is 68.4. The van der Waals surface area contributed by atoms with Crippen LogP contribution in [-0.4, -0.2) is 110 Å². The molecule has 4 aliphatic rings. The van der Waals surface area contributed by atoms with Gasteiger partial charge in [0.15, 0.2) is 42.5 Å². The van der Waals surface area contributed by atoms with E-state index in [0.717, 1.165) is 0 Å². The van der Waals surface area contributed by atoms with Gasteiger partial charge in [-0.15, -0.1) is 0 Å². The Hall–Kier alpha value is -5.52. The van der Waals surface area contributed by atoms with Gasteiger partial charge in [0.1, 0.15) is 37.1 Å². The molecular formula is C46H46O15. The summed E-state index contributed by atoms with van der Waals surface area (Å²) >= 11 is 0. The van der Waals surface area contributed by atoms with Crippen molar-refractivity contribution < 1.29 is 71.3 Å². The normalized spacial score (nSPS) is 29.6. The summed E-state index contributed by atoms with van der Waals surface area (Å²) in [6, 6.07) is 32.6. The smallest absolute Gasteiger partial charge is 0.338 e. The van der Waals surface area contributed by atoms with E-state index in [1.807, 2.05) is 0 Å². The number of carbonyl (C=O) groups is 4. The first-order chi connectivity index (χ1) is 29.3. The van der Waals surface area contributed by atoms with Gasteiger partial charge in [0, 0.05) is 0 Å². The molecule has 0 bridgehead atoms. The van der Waals surface area contributed by atoms with E-state index in [1.54, 1.807) is 137 Å². The largest absolute Gasteiger partial charge is 0.459 e. The Morgan fingerprint density at radius 1 is 0.459 bits per heavy atom. The molecule has 4 fully saturated rings. The third kappa shape index (κ3) is 9.68. The maximum absolute atomic E-state index is 14.0. The lowest BCUT2D eigenvalue weighted by atomic mass is 9.97. The number of hydrogen-bond donors (Lipinski definition) is 0. The van der Waals surface area contributed by atoms with E-state index in [2.05, 4.69) is 0 Å². The third-order valence-electron chi connectivity index (χ3n) is 10.4. The molecule has 4 heterocycles. The maximum Gasteiger partial charge on any atom is 0.338 e. The van der Waals surface area contributed by atoms with Crippen molar-refractivity contribution in [2.75, 3.05) is 13.2 Å². The Morgan fingerprint density at radius 3 is 1.41 bits per heavy atom. The second-order valence-electron chi connectivity index (χ2n) is 15.8. The van der Waals surface area contributed by atoms with Gasteiger partial charge >= 0.3 is 23.9 Å². The molecule has 0 saturated carbocycles. The summed E-state index contributed by atoms with van der Waals surface area (Å²) in [5.41, 5.74) is 0.724. The molecule has 0 aromatic heterocycles. The zero-order valence-electron chi connectivity index (χ0n) is 33.9. The number of rotatable bonds is 12. The number of benzene rings is 4. The monoisotopic (exact) mass is 838 g/mol. The summed E-state index contributed by atoms with van der Waals surface area (Å²) in [7, 11) is 0. The van der Waals surface area contributed by atoms with E-state index < -0.39 is 103 Å². The first-order valence-corrected chi connectivity index (χ1v) is 20.0. The van der Waals surface area contributed by atoms with Crippen LogP contribution < -0.4 is 0 Å². The quantitative estimate of drug-likeness (QED) is 0.126. The van der Waals surface area contributed by atoms with Gasteiger partial charge < -0.3 is 52.1 Å². The van der Waals surface area contributed by atoms with Crippen molar-refractivity contribution >= 4 is 23.9 Å². The van der Waals surface area contributed by atoms with Crippen LogP contribution in [0.5, 0.6) is 0 Å². The van der Waals surface area contributed by atoms with Crippen molar-refractivity contribution in [2.45, 2.75) is 101 Å². The van der Waals surface area contributed by atoms with Gasteiger partial charge in [-0.2, -0.15) is 0 Å². The molecule has 8 rings (SSSR count). The lowest BCUT2D eigenvalue weighted by Crippen LogP contribution is -2.64. The van der Waals surface area contributed by atoms with Gasteiger partial charge in [0.05, 0.1) is 28.9 Å². The van der Waals surface area contributed by atoms with Gasteiger partial charge in [0.2, 0.25) is 0 Å². The average Bonchev–Trinajstić information content (AvgIpc) is 3.78. The van der Waals surface area contributed by atoms with Gasteiger partial charge in [0.25, 0.3) is 0 Å². The zero-order chi connectivity index (χ0) is 42.7. The average molecular weight is 839 g/mol. The van der Waals surface area contributed by atoms with Crippen LogP contribution in [0.2, 0.25) is 0 Å². The fourth-order valence-electron chi connectivity index (χ4n) is 7.68. The fourth-order valence-corrected chi connectivity index (χ4v) is 7.68. The Bertz CT molecular complexity index is 2150. The Labute approximate surface area is 352 Å². The van der Waals surface area contributed by atoms with Crippen molar-refractivity contribution in [3.63, 3.8) is 0 Å². The predicted octanol–water partition coefficient (Wildman–Crippen LogP) is 5.66. The van der Waals surface area contributed by atoms with E-state index in [9.17, 15) is 19.2 Å². The van der Waals surface area contributed by atoms with E-state index in [1.165, 1.54) is 12.1 Å². The van der Waals surface area contributed by atoms with Crippen molar-refractivity contribution in [1.82, 2.24) is 0 Å². The molecule has 61 heavy (non-hydrogen) atoms. The van der Waals surface area contributed by atoms with E-state index in [0.29, 0.717) is 0 Å². The summed E-state index contributed by atoms with van der Waals surface area (Å²) in [5, 5.41) is 0. The molecule has 0 N–H and O–H groups in total. The van der Waals surface area contributed by atoms with E-state index in [4.69, 9.17) is 52.1 Å². The number of ether oxygens (including phenoxy) is 11. The van der Waals surface area contributed by atoms with Gasteiger partial charge in [-0.25, -0.2) is 19.2 Å². The minimum absolute atomic E-state index is 0.152.